The Labute approximate surface area is 185 Å². The Hall–Kier alpha value is -2.08. The number of hydrogen-bond acceptors (Lipinski definition) is 4. The Morgan fingerprint density at radius 1 is 1.10 bits per heavy atom. The number of likely N-dealkylation sites (tertiary alicyclic amines) is 1. The van der Waals surface area contributed by atoms with Gasteiger partial charge in [-0.05, 0) is 76.6 Å². The molecule has 2 atom stereocenters. The molecule has 6 nitrogen and oxygen atoms in total. The van der Waals surface area contributed by atoms with E-state index in [0.717, 1.165) is 63.8 Å². The topological polar surface area (TPSA) is 53.1 Å². The highest BCUT2D eigenvalue weighted by molar-refractivity contribution is 5.95. The number of hydrogen-bond donors (Lipinski definition) is 0. The molecule has 1 aromatic carbocycles. The summed E-state index contributed by atoms with van der Waals surface area (Å²) in [5.41, 5.74) is 3.83. The van der Waals surface area contributed by atoms with Gasteiger partial charge in [0.25, 0.3) is 0 Å². The highest BCUT2D eigenvalue weighted by atomic mass is 16.6. The normalized spacial score (nSPS) is 29.3. The van der Waals surface area contributed by atoms with Crippen molar-refractivity contribution in [3.63, 3.8) is 0 Å². The largest absolute Gasteiger partial charge is 0.450 e. The van der Waals surface area contributed by atoms with Crippen molar-refractivity contribution in [2.75, 3.05) is 31.1 Å². The average Bonchev–Trinajstić information content (AvgIpc) is 3.21. The number of benzene rings is 1. The van der Waals surface area contributed by atoms with E-state index in [4.69, 9.17) is 4.74 Å². The molecule has 3 fully saturated rings. The molecule has 6 heteroatoms. The first-order valence-electron chi connectivity index (χ1n) is 12.0. The second-order valence-electron chi connectivity index (χ2n) is 10.0. The van der Waals surface area contributed by atoms with Crippen LogP contribution in [0.2, 0.25) is 0 Å². The van der Waals surface area contributed by atoms with Gasteiger partial charge in [0.05, 0.1) is 12.3 Å². The molecule has 2 unspecified atom stereocenters. The molecule has 1 aromatic rings. The predicted molar refractivity (Wildman–Crippen MR) is 120 cm³/mol. The Balaban J connectivity index is 1.29. The summed E-state index contributed by atoms with van der Waals surface area (Å²) >= 11 is 0. The van der Waals surface area contributed by atoms with E-state index in [2.05, 4.69) is 30.0 Å². The molecule has 4 aliphatic rings. The van der Waals surface area contributed by atoms with Crippen LogP contribution in [0.25, 0.3) is 0 Å². The Bertz CT molecular complexity index is 863. The zero-order valence-electron chi connectivity index (χ0n) is 19.1. The van der Waals surface area contributed by atoms with Crippen LogP contribution in [0.15, 0.2) is 18.2 Å². The number of anilines is 1. The minimum atomic E-state index is -0.117. The minimum Gasteiger partial charge on any atom is -0.450 e. The molecule has 0 aromatic heterocycles. The van der Waals surface area contributed by atoms with Gasteiger partial charge in [-0.15, -0.1) is 0 Å². The summed E-state index contributed by atoms with van der Waals surface area (Å²) in [5.74, 6) is 0.151. The maximum absolute atomic E-state index is 12.4. The standard InChI is InChI=1S/C25H35N3O3/c1-4-31-24(30)28-19-8-9-20(28)15-21(14-19)26-12-10-25(11-13-26)16-27(18(3)29)23-17(2)6-5-7-22(23)25/h5-7,19-21H,4,8-16H2,1-3H3. The monoisotopic (exact) mass is 425 g/mol. The summed E-state index contributed by atoms with van der Waals surface area (Å²) in [6, 6.07) is 7.75. The molecule has 3 saturated heterocycles. The molecule has 4 aliphatic heterocycles. The lowest BCUT2D eigenvalue weighted by molar-refractivity contribution is -0.116. The van der Waals surface area contributed by atoms with Crippen LogP contribution < -0.4 is 4.90 Å². The van der Waals surface area contributed by atoms with E-state index < -0.39 is 0 Å². The van der Waals surface area contributed by atoms with Crippen molar-refractivity contribution >= 4 is 17.7 Å². The molecule has 0 N–H and O–H groups in total. The Kier molecular flexibility index (Phi) is 5.24. The fourth-order valence-corrected chi connectivity index (χ4v) is 6.87. The van der Waals surface area contributed by atoms with Crippen molar-refractivity contribution in [2.45, 2.75) is 82.8 Å². The van der Waals surface area contributed by atoms with E-state index in [-0.39, 0.29) is 17.4 Å². The summed E-state index contributed by atoms with van der Waals surface area (Å²) in [5, 5.41) is 0. The Morgan fingerprint density at radius 2 is 1.77 bits per heavy atom. The van der Waals surface area contributed by atoms with Gasteiger partial charge in [0.1, 0.15) is 0 Å². The number of rotatable bonds is 2. The quantitative estimate of drug-likeness (QED) is 0.722. The van der Waals surface area contributed by atoms with Crippen LogP contribution in [-0.2, 0) is 14.9 Å². The fourth-order valence-electron chi connectivity index (χ4n) is 6.87. The van der Waals surface area contributed by atoms with Crippen molar-refractivity contribution in [2.24, 2.45) is 0 Å². The van der Waals surface area contributed by atoms with Crippen LogP contribution in [-0.4, -0.2) is 66.2 Å². The first-order chi connectivity index (χ1) is 14.9. The number of fused-ring (bicyclic) bond motifs is 4. The highest BCUT2D eigenvalue weighted by Crippen LogP contribution is 2.49. The zero-order valence-corrected chi connectivity index (χ0v) is 19.1. The SMILES string of the molecule is CCOC(=O)N1C2CCC1CC(N1CCC3(CC1)CN(C(C)=O)c1c(C)cccc13)C2. The minimum absolute atomic E-state index is 0.0914. The van der Waals surface area contributed by atoms with E-state index in [0.29, 0.717) is 24.7 Å². The van der Waals surface area contributed by atoms with Crippen molar-refractivity contribution in [3.8, 4) is 0 Å². The summed E-state index contributed by atoms with van der Waals surface area (Å²) in [6.45, 7) is 9.11. The maximum Gasteiger partial charge on any atom is 0.410 e. The molecule has 0 saturated carbocycles. The molecule has 168 valence electrons. The lowest BCUT2D eigenvalue weighted by atomic mass is 9.73. The lowest BCUT2D eigenvalue weighted by Gasteiger charge is -2.47. The van der Waals surface area contributed by atoms with Crippen molar-refractivity contribution in [1.29, 1.82) is 0 Å². The predicted octanol–water partition coefficient (Wildman–Crippen LogP) is 3.85. The van der Waals surface area contributed by atoms with E-state index in [1.54, 1.807) is 6.92 Å². The third kappa shape index (κ3) is 3.34. The number of ether oxygens (including phenoxy) is 1. The van der Waals surface area contributed by atoms with E-state index in [9.17, 15) is 9.59 Å². The highest BCUT2D eigenvalue weighted by Gasteiger charge is 2.49. The number of carbonyl (C=O) groups is 2. The van der Waals surface area contributed by atoms with Crippen LogP contribution in [0.5, 0.6) is 0 Å². The number of carbonyl (C=O) groups excluding carboxylic acids is 2. The van der Waals surface area contributed by atoms with Gasteiger partial charge in [0.2, 0.25) is 5.91 Å². The van der Waals surface area contributed by atoms with Gasteiger partial charge in [-0.1, -0.05) is 18.2 Å². The summed E-state index contributed by atoms with van der Waals surface area (Å²) in [6.07, 6.45) is 6.43. The van der Waals surface area contributed by atoms with Gasteiger partial charge in [0.15, 0.2) is 0 Å². The van der Waals surface area contributed by atoms with Crippen molar-refractivity contribution < 1.29 is 14.3 Å². The molecule has 4 heterocycles. The number of amides is 2. The number of nitrogens with zero attached hydrogens (tertiary/aromatic N) is 3. The molecule has 5 rings (SSSR count). The molecule has 2 bridgehead atoms. The van der Waals surface area contributed by atoms with E-state index in [1.807, 2.05) is 16.7 Å². The van der Waals surface area contributed by atoms with Gasteiger partial charge in [-0.3, -0.25) is 4.79 Å². The number of aryl methyl sites for hydroxylation is 1. The molecule has 0 aliphatic carbocycles. The van der Waals surface area contributed by atoms with Crippen molar-refractivity contribution in [3.05, 3.63) is 29.3 Å². The second-order valence-corrected chi connectivity index (χ2v) is 10.0. The molecule has 0 radical (unpaired) electrons. The zero-order chi connectivity index (χ0) is 21.8. The molecule has 31 heavy (non-hydrogen) atoms. The van der Waals surface area contributed by atoms with E-state index in [1.165, 1.54) is 11.1 Å². The van der Waals surface area contributed by atoms with Crippen molar-refractivity contribution in [1.82, 2.24) is 9.80 Å². The van der Waals surface area contributed by atoms with Gasteiger partial charge in [-0.2, -0.15) is 0 Å². The van der Waals surface area contributed by atoms with Gasteiger partial charge < -0.3 is 19.4 Å². The summed E-state index contributed by atoms with van der Waals surface area (Å²) in [7, 11) is 0. The smallest absolute Gasteiger partial charge is 0.410 e. The molecule has 1 spiro atoms. The fraction of sp³-hybridized carbons (Fsp3) is 0.680. The molecule has 2 amide bonds. The molecular weight excluding hydrogens is 390 g/mol. The maximum atomic E-state index is 12.4. The third-order valence-corrected chi connectivity index (χ3v) is 8.38. The lowest BCUT2D eigenvalue weighted by Crippen LogP contribution is -2.55. The summed E-state index contributed by atoms with van der Waals surface area (Å²) < 4.78 is 5.32. The van der Waals surface area contributed by atoms with Crippen LogP contribution in [0.1, 0.15) is 63.5 Å². The third-order valence-electron chi connectivity index (χ3n) is 8.38. The van der Waals surface area contributed by atoms with Crippen LogP contribution in [0.3, 0.4) is 0 Å². The van der Waals surface area contributed by atoms with Crippen LogP contribution in [0.4, 0.5) is 10.5 Å². The van der Waals surface area contributed by atoms with E-state index >= 15 is 0 Å². The van der Waals surface area contributed by atoms with Gasteiger partial charge >= 0.3 is 6.09 Å². The van der Waals surface area contributed by atoms with Crippen LogP contribution >= 0.6 is 0 Å². The number of piperidine rings is 2. The van der Waals surface area contributed by atoms with Crippen LogP contribution in [0, 0.1) is 6.92 Å². The summed E-state index contributed by atoms with van der Waals surface area (Å²) in [4.78, 5) is 31.5. The second kappa shape index (κ2) is 7.80. The average molecular weight is 426 g/mol. The number of para-hydroxylation sites is 1. The Morgan fingerprint density at radius 3 is 2.39 bits per heavy atom. The first kappa shape index (κ1) is 20.8. The van der Waals surface area contributed by atoms with Gasteiger partial charge in [0, 0.05) is 37.0 Å². The molecular formula is C25H35N3O3. The first-order valence-corrected chi connectivity index (χ1v) is 12.0. The van der Waals surface area contributed by atoms with Gasteiger partial charge in [-0.25, -0.2) is 4.79 Å².